The second-order valence-corrected chi connectivity index (χ2v) is 6.90. The Morgan fingerprint density at radius 1 is 1.36 bits per heavy atom. The van der Waals surface area contributed by atoms with E-state index in [0.29, 0.717) is 0 Å². The predicted octanol–water partition coefficient (Wildman–Crippen LogP) is 2.16. The Bertz CT molecular complexity index is 476. The maximum atomic E-state index is 12.1. The van der Waals surface area contributed by atoms with Crippen molar-refractivity contribution in [2.75, 3.05) is 32.8 Å². The highest BCUT2D eigenvalue weighted by molar-refractivity contribution is 7.09. The number of hydrogen-bond donors (Lipinski definition) is 0. The minimum atomic E-state index is 0.102. The van der Waals surface area contributed by atoms with Crippen molar-refractivity contribution in [1.29, 1.82) is 0 Å². The van der Waals surface area contributed by atoms with E-state index in [-0.39, 0.29) is 18.6 Å². The fourth-order valence-electron chi connectivity index (χ4n) is 2.52. The van der Waals surface area contributed by atoms with Gasteiger partial charge in [0.05, 0.1) is 16.8 Å². The van der Waals surface area contributed by atoms with Crippen molar-refractivity contribution in [1.82, 2.24) is 14.8 Å². The van der Waals surface area contributed by atoms with Gasteiger partial charge in [0, 0.05) is 38.1 Å². The van der Waals surface area contributed by atoms with Crippen LogP contribution in [-0.4, -0.2) is 59.6 Å². The summed E-state index contributed by atoms with van der Waals surface area (Å²) in [6, 6.07) is 0. The molecule has 124 valence electrons. The molecule has 1 aliphatic heterocycles. The van der Waals surface area contributed by atoms with Gasteiger partial charge in [0.2, 0.25) is 5.91 Å². The fourth-order valence-corrected chi connectivity index (χ4v) is 3.26. The molecule has 1 amide bonds. The van der Waals surface area contributed by atoms with Gasteiger partial charge in [0.15, 0.2) is 0 Å². The lowest BCUT2D eigenvalue weighted by Crippen LogP contribution is -2.37. The summed E-state index contributed by atoms with van der Waals surface area (Å²) in [6.45, 7) is 10.7. The minimum Gasteiger partial charge on any atom is -0.369 e. The third-order valence-electron chi connectivity index (χ3n) is 3.77. The standard InChI is InChI=1S/C16H27N3O2S/c1-4-15-17-14(12-22-15)10-18-6-5-7-19(9-8-18)16(20)11-21-13(2)3/h12-13H,4-11H2,1-3H3. The number of carbonyl (C=O) groups excluding carboxylic acids is 1. The highest BCUT2D eigenvalue weighted by Crippen LogP contribution is 2.14. The first-order valence-corrected chi connectivity index (χ1v) is 9.01. The Balaban J connectivity index is 1.80. The van der Waals surface area contributed by atoms with Gasteiger partial charge in [0.25, 0.3) is 0 Å². The molecule has 0 saturated carbocycles. The first-order valence-electron chi connectivity index (χ1n) is 8.13. The molecule has 0 aliphatic carbocycles. The van der Waals surface area contributed by atoms with Gasteiger partial charge in [-0.2, -0.15) is 0 Å². The molecule has 1 aliphatic rings. The van der Waals surface area contributed by atoms with Crippen LogP contribution in [0.25, 0.3) is 0 Å². The van der Waals surface area contributed by atoms with Crippen molar-refractivity contribution in [2.24, 2.45) is 0 Å². The van der Waals surface area contributed by atoms with E-state index in [1.807, 2.05) is 18.7 Å². The SMILES string of the molecule is CCc1nc(CN2CCCN(C(=O)COC(C)C)CC2)cs1. The third-order valence-corrected chi connectivity index (χ3v) is 4.81. The molecule has 1 aromatic rings. The highest BCUT2D eigenvalue weighted by atomic mass is 32.1. The summed E-state index contributed by atoms with van der Waals surface area (Å²) in [6.07, 6.45) is 2.12. The number of thiazole rings is 1. The second-order valence-electron chi connectivity index (χ2n) is 5.96. The van der Waals surface area contributed by atoms with Crippen LogP contribution in [-0.2, 0) is 22.5 Å². The number of ether oxygens (including phenoxy) is 1. The van der Waals surface area contributed by atoms with Gasteiger partial charge in [-0.05, 0) is 26.7 Å². The zero-order valence-electron chi connectivity index (χ0n) is 13.9. The zero-order valence-corrected chi connectivity index (χ0v) is 14.7. The first-order chi connectivity index (χ1) is 10.6. The van der Waals surface area contributed by atoms with E-state index in [4.69, 9.17) is 4.74 Å². The van der Waals surface area contributed by atoms with E-state index in [2.05, 4.69) is 22.2 Å². The number of rotatable bonds is 6. The lowest BCUT2D eigenvalue weighted by Gasteiger charge is -2.22. The van der Waals surface area contributed by atoms with Crippen LogP contribution in [0.5, 0.6) is 0 Å². The predicted molar refractivity (Wildman–Crippen MR) is 89.1 cm³/mol. The Morgan fingerprint density at radius 2 is 2.18 bits per heavy atom. The lowest BCUT2D eigenvalue weighted by molar-refractivity contribution is -0.137. The summed E-state index contributed by atoms with van der Waals surface area (Å²) in [5.74, 6) is 0.109. The quantitative estimate of drug-likeness (QED) is 0.804. The van der Waals surface area contributed by atoms with Gasteiger partial charge in [-0.15, -0.1) is 11.3 Å². The number of amides is 1. The first kappa shape index (κ1) is 17.4. The van der Waals surface area contributed by atoms with Crippen LogP contribution < -0.4 is 0 Å². The molecule has 22 heavy (non-hydrogen) atoms. The summed E-state index contributed by atoms with van der Waals surface area (Å²) in [4.78, 5) is 21.1. The van der Waals surface area contributed by atoms with E-state index in [1.165, 1.54) is 5.01 Å². The van der Waals surface area contributed by atoms with Gasteiger partial charge in [0.1, 0.15) is 6.61 Å². The van der Waals surface area contributed by atoms with Crippen LogP contribution in [0.1, 0.15) is 37.9 Å². The van der Waals surface area contributed by atoms with Crippen molar-refractivity contribution in [3.63, 3.8) is 0 Å². The van der Waals surface area contributed by atoms with Crippen molar-refractivity contribution >= 4 is 17.2 Å². The van der Waals surface area contributed by atoms with Crippen LogP contribution in [0.3, 0.4) is 0 Å². The van der Waals surface area contributed by atoms with Crippen LogP contribution in [0.4, 0.5) is 0 Å². The highest BCUT2D eigenvalue weighted by Gasteiger charge is 2.20. The molecule has 2 heterocycles. The van der Waals surface area contributed by atoms with Gasteiger partial charge >= 0.3 is 0 Å². The molecule has 1 aromatic heterocycles. The smallest absolute Gasteiger partial charge is 0.248 e. The molecule has 1 saturated heterocycles. The average molecular weight is 325 g/mol. The topological polar surface area (TPSA) is 45.7 Å². The van der Waals surface area contributed by atoms with E-state index in [1.54, 1.807) is 11.3 Å². The summed E-state index contributed by atoms with van der Waals surface area (Å²) in [5.41, 5.74) is 1.16. The number of aryl methyl sites for hydroxylation is 1. The van der Waals surface area contributed by atoms with Crippen LogP contribution in [0.2, 0.25) is 0 Å². The van der Waals surface area contributed by atoms with E-state index in [0.717, 1.165) is 51.3 Å². The molecular weight excluding hydrogens is 298 g/mol. The monoisotopic (exact) mass is 325 g/mol. The summed E-state index contributed by atoms with van der Waals surface area (Å²) in [7, 11) is 0. The molecule has 0 bridgehead atoms. The third kappa shape index (κ3) is 5.34. The molecule has 0 unspecified atom stereocenters. The van der Waals surface area contributed by atoms with Crippen LogP contribution in [0.15, 0.2) is 5.38 Å². The number of aromatic nitrogens is 1. The number of hydrogen-bond acceptors (Lipinski definition) is 5. The van der Waals surface area contributed by atoms with Gasteiger partial charge in [-0.1, -0.05) is 6.92 Å². The Hall–Kier alpha value is -0.980. The Morgan fingerprint density at radius 3 is 2.86 bits per heavy atom. The molecule has 0 spiro atoms. The van der Waals surface area contributed by atoms with E-state index >= 15 is 0 Å². The van der Waals surface area contributed by atoms with Crippen molar-refractivity contribution in [3.8, 4) is 0 Å². The van der Waals surface area contributed by atoms with Gasteiger partial charge < -0.3 is 9.64 Å². The normalized spacial score (nSPS) is 17.0. The summed E-state index contributed by atoms with van der Waals surface area (Å²) in [5, 5.41) is 3.36. The summed E-state index contributed by atoms with van der Waals surface area (Å²) < 4.78 is 5.42. The van der Waals surface area contributed by atoms with E-state index < -0.39 is 0 Å². The molecule has 6 heteroatoms. The fraction of sp³-hybridized carbons (Fsp3) is 0.750. The van der Waals surface area contributed by atoms with Crippen LogP contribution >= 0.6 is 11.3 Å². The Labute approximate surface area is 137 Å². The summed E-state index contributed by atoms with van der Waals surface area (Å²) >= 11 is 1.74. The molecular formula is C16H27N3O2S. The average Bonchev–Trinajstić information content (AvgIpc) is 2.82. The molecule has 5 nitrogen and oxygen atoms in total. The molecule has 0 radical (unpaired) electrons. The van der Waals surface area contributed by atoms with Gasteiger partial charge in [-0.25, -0.2) is 4.98 Å². The Kier molecular flexibility index (Phi) is 6.79. The maximum absolute atomic E-state index is 12.1. The van der Waals surface area contributed by atoms with Crippen molar-refractivity contribution in [2.45, 2.75) is 46.3 Å². The van der Waals surface area contributed by atoms with Crippen molar-refractivity contribution in [3.05, 3.63) is 16.1 Å². The lowest BCUT2D eigenvalue weighted by atomic mass is 10.3. The largest absolute Gasteiger partial charge is 0.369 e. The van der Waals surface area contributed by atoms with Gasteiger partial charge in [-0.3, -0.25) is 9.69 Å². The molecule has 0 aromatic carbocycles. The zero-order chi connectivity index (χ0) is 15.9. The molecule has 0 atom stereocenters. The maximum Gasteiger partial charge on any atom is 0.248 e. The number of nitrogens with zero attached hydrogens (tertiary/aromatic N) is 3. The molecule has 1 fully saturated rings. The van der Waals surface area contributed by atoms with Crippen LogP contribution in [0, 0.1) is 0 Å². The minimum absolute atomic E-state index is 0.102. The van der Waals surface area contributed by atoms with E-state index in [9.17, 15) is 4.79 Å². The van der Waals surface area contributed by atoms with Crippen molar-refractivity contribution < 1.29 is 9.53 Å². The number of carbonyl (C=O) groups is 1. The molecule has 2 rings (SSSR count). The molecule has 0 N–H and O–H groups in total. The second kappa shape index (κ2) is 8.60.